The fourth-order valence-corrected chi connectivity index (χ4v) is 2.68. The van der Waals surface area contributed by atoms with Gasteiger partial charge in [-0.15, -0.1) is 0 Å². The third-order valence-corrected chi connectivity index (χ3v) is 4.71. The highest BCUT2D eigenvalue weighted by Crippen LogP contribution is 2.21. The molecule has 10 heteroatoms. The minimum absolute atomic E-state index is 0.00238. The monoisotopic (exact) mass is 387 g/mol. The van der Waals surface area contributed by atoms with Crippen LogP contribution in [0.2, 0.25) is 0 Å². The first-order valence-corrected chi connectivity index (χ1v) is 8.52. The van der Waals surface area contributed by atoms with Crippen LogP contribution in [0.25, 0.3) is 0 Å². The number of carbonyl (C=O) groups is 2. The molecule has 2 aromatic carbocycles. The van der Waals surface area contributed by atoms with Gasteiger partial charge in [-0.1, -0.05) is 0 Å². The molecule has 0 unspecified atom stereocenters. The minimum atomic E-state index is -4.78. The van der Waals surface area contributed by atoms with Crippen molar-refractivity contribution in [3.05, 3.63) is 59.4 Å². The lowest BCUT2D eigenvalue weighted by Gasteiger charge is -2.09. The molecule has 2 rings (SSSR count). The van der Waals surface area contributed by atoms with E-state index < -0.39 is 38.2 Å². The highest BCUT2D eigenvalue weighted by atomic mass is 32.2. The molecule has 0 spiro atoms. The highest BCUT2D eigenvalue weighted by Gasteiger charge is 2.26. The van der Waals surface area contributed by atoms with Crippen LogP contribution in [-0.2, 0) is 14.6 Å². The van der Waals surface area contributed by atoms with Crippen LogP contribution in [0.1, 0.15) is 20.7 Å². The van der Waals surface area contributed by atoms with Crippen LogP contribution in [-0.4, -0.2) is 33.2 Å². The molecule has 138 valence electrons. The van der Waals surface area contributed by atoms with Crippen molar-refractivity contribution in [2.45, 2.75) is 10.7 Å². The molecule has 0 fully saturated rings. The summed E-state index contributed by atoms with van der Waals surface area (Å²) >= 11 is 0. The number of sulfone groups is 1. The lowest BCUT2D eigenvalue weighted by atomic mass is 10.1. The second-order valence-corrected chi connectivity index (χ2v) is 6.89. The van der Waals surface area contributed by atoms with Crippen LogP contribution < -0.4 is 5.32 Å². The fraction of sp³-hybridized carbons (Fsp3) is 0.125. The van der Waals surface area contributed by atoms with E-state index in [-0.39, 0.29) is 16.8 Å². The third-order valence-electron chi connectivity index (χ3n) is 3.32. The quantitative estimate of drug-likeness (QED) is 0.797. The van der Waals surface area contributed by atoms with E-state index in [1.807, 2.05) is 0 Å². The molecule has 0 aliphatic rings. The summed E-state index contributed by atoms with van der Waals surface area (Å²) in [6.45, 7) is 0. The number of carbonyl (C=O) groups excluding carboxylic acids is 2. The number of hydrogen-bond donors (Lipinski definition) is 1. The number of anilines is 1. The zero-order valence-corrected chi connectivity index (χ0v) is 14.0. The molecule has 0 heterocycles. The number of rotatable bonds is 5. The number of halogens is 3. The van der Waals surface area contributed by atoms with E-state index in [4.69, 9.17) is 0 Å². The molecule has 26 heavy (non-hydrogen) atoms. The molecule has 0 radical (unpaired) electrons. The molecule has 6 nitrogen and oxygen atoms in total. The summed E-state index contributed by atoms with van der Waals surface area (Å²) < 4.78 is 65.9. The summed E-state index contributed by atoms with van der Waals surface area (Å²) in [5, 5.41) is 2.21. The SMILES string of the molecule is COC(=O)c1ccc(F)c(NC(=O)c2ccc(S(=O)(=O)C(F)F)cc2)c1. The van der Waals surface area contributed by atoms with Crippen LogP contribution >= 0.6 is 0 Å². The number of methoxy groups -OCH3 is 1. The summed E-state index contributed by atoms with van der Waals surface area (Å²) in [6, 6.07) is 6.89. The number of nitrogens with one attached hydrogen (secondary N) is 1. The summed E-state index contributed by atoms with van der Waals surface area (Å²) in [7, 11) is -3.64. The standard InChI is InChI=1S/C16H12F3NO5S/c1-25-15(22)10-4-7-12(17)13(8-10)20-14(21)9-2-5-11(6-3-9)26(23,24)16(18)19/h2-8,16H,1H3,(H,20,21). The Morgan fingerprint density at radius 2 is 1.62 bits per heavy atom. The Morgan fingerprint density at radius 3 is 2.15 bits per heavy atom. The summed E-state index contributed by atoms with van der Waals surface area (Å²) in [4.78, 5) is 22.9. The lowest BCUT2D eigenvalue weighted by molar-refractivity contribution is 0.0600. The lowest BCUT2D eigenvalue weighted by Crippen LogP contribution is -2.15. The van der Waals surface area contributed by atoms with Gasteiger partial charge in [-0.3, -0.25) is 4.79 Å². The fourth-order valence-electron chi connectivity index (χ4n) is 1.96. The number of ether oxygens (including phenoxy) is 1. The zero-order valence-electron chi connectivity index (χ0n) is 13.2. The predicted molar refractivity (Wildman–Crippen MR) is 85.3 cm³/mol. The average molecular weight is 387 g/mol. The van der Waals surface area contributed by atoms with Gasteiger partial charge in [0.1, 0.15) is 5.82 Å². The largest absolute Gasteiger partial charge is 0.465 e. The number of benzene rings is 2. The van der Waals surface area contributed by atoms with Crippen molar-refractivity contribution in [3.8, 4) is 0 Å². The molecular formula is C16H12F3NO5S. The number of esters is 1. The molecule has 1 amide bonds. The summed E-state index contributed by atoms with van der Waals surface area (Å²) in [5.74, 6) is -5.96. The van der Waals surface area contributed by atoms with Crippen molar-refractivity contribution in [2.75, 3.05) is 12.4 Å². The van der Waals surface area contributed by atoms with Crippen molar-refractivity contribution in [3.63, 3.8) is 0 Å². The molecule has 0 aromatic heterocycles. The van der Waals surface area contributed by atoms with Gasteiger partial charge in [0.05, 0.1) is 23.3 Å². The van der Waals surface area contributed by atoms with E-state index in [9.17, 15) is 31.2 Å². The molecule has 1 N–H and O–H groups in total. The van der Waals surface area contributed by atoms with Gasteiger partial charge < -0.3 is 10.1 Å². The Hall–Kier alpha value is -2.88. The normalized spacial score (nSPS) is 11.3. The highest BCUT2D eigenvalue weighted by molar-refractivity contribution is 7.91. The van der Waals surface area contributed by atoms with Gasteiger partial charge in [-0.05, 0) is 42.5 Å². The molecule has 0 atom stereocenters. The summed E-state index contributed by atoms with van der Waals surface area (Å²) in [5.41, 5.74) is -0.397. The second-order valence-electron chi connectivity index (χ2n) is 4.97. The van der Waals surface area contributed by atoms with Crippen LogP contribution in [0.4, 0.5) is 18.9 Å². The van der Waals surface area contributed by atoms with Gasteiger partial charge in [0.2, 0.25) is 9.84 Å². The Balaban J connectivity index is 2.24. The maximum absolute atomic E-state index is 13.8. The predicted octanol–water partition coefficient (Wildman–Crippen LogP) is 2.86. The molecule has 0 bridgehead atoms. The maximum atomic E-state index is 13.8. The smallest absolute Gasteiger partial charge is 0.341 e. The first-order chi connectivity index (χ1) is 12.2. The van der Waals surface area contributed by atoms with Gasteiger partial charge in [0.15, 0.2) is 0 Å². The van der Waals surface area contributed by atoms with Crippen molar-refractivity contribution in [2.24, 2.45) is 0 Å². The molecule has 0 aliphatic heterocycles. The van der Waals surface area contributed by atoms with Gasteiger partial charge in [-0.2, -0.15) is 8.78 Å². The zero-order chi connectivity index (χ0) is 19.5. The first kappa shape index (κ1) is 19.4. The summed E-state index contributed by atoms with van der Waals surface area (Å²) in [6.07, 6.45) is 0. The first-order valence-electron chi connectivity index (χ1n) is 6.98. The van der Waals surface area contributed by atoms with Crippen LogP contribution in [0.15, 0.2) is 47.4 Å². The van der Waals surface area contributed by atoms with Crippen LogP contribution in [0.5, 0.6) is 0 Å². The van der Waals surface area contributed by atoms with Gasteiger partial charge in [0.25, 0.3) is 5.91 Å². The second kappa shape index (κ2) is 7.56. The number of amides is 1. The van der Waals surface area contributed by atoms with Crippen molar-refractivity contribution in [1.29, 1.82) is 0 Å². The van der Waals surface area contributed by atoms with Crippen molar-refractivity contribution < 1.29 is 35.9 Å². The Kier molecular flexibility index (Phi) is 5.66. The van der Waals surface area contributed by atoms with E-state index >= 15 is 0 Å². The van der Waals surface area contributed by atoms with E-state index in [0.29, 0.717) is 0 Å². The average Bonchev–Trinajstić information content (AvgIpc) is 2.62. The van der Waals surface area contributed by atoms with E-state index in [0.717, 1.165) is 43.5 Å². The number of hydrogen-bond acceptors (Lipinski definition) is 5. The minimum Gasteiger partial charge on any atom is -0.465 e. The molecule has 2 aromatic rings. The van der Waals surface area contributed by atoms with E-state index in [1.54, 1.807) is 0 Å². The van der Waals surface area contributed by atoms with Gasteiger partial charge >= 0.3 is 11.7 Å². The Morgan fingerprint density at radius 1 is 1.04 bits per heavy atom. The molecule has 0 aliphatic carbocycles. The number of alkyl halides is 2. The van der Waals surface area contributed by atoms with Gasteiger partial charge in [0, 0.05) is 5.56 Å². The van der Waals surface area contributed by atoms with Crippen LogP contribution in [0, 0.1) is 5.82 Å². The van der Waals surface area contributed by atoms with E-state index in [2.05, 4.69) is 10.1 Å². The van der Waals surface area contributed by atoms with E-state index in [1.165, 1.54) is 6.07 Å². The molecular weight excluding hydrogens is 375 g/mol. The molecule has 0 saturated carbocycles. The van der Waals surface area contributed by atoms with Gasteiger partial charge in [-0.25, -0.2) is 17.6 Å². The Bertz CT molecular complexity index is 943. The maximum Gasteiger partial charge on any atom is 0.341 e. The van der Waals surface area contributed by atoms with Crippen molar-refractivity contribution >= 4 is 27.4 Å². The molecule has 0 saturated heterocycles. The topological polar surface area (TPSA) is 89.5 Å². The Labute approximate surface area is 146 Å². The van der Waals surface area contributed by atoms with Crippen molar-refractivity contribution in [1.82, 2.24) is 0 Å². The third kappa shape index (κ3) is 4.02. The van der Waals surface area contributed by atoms with Crippen LogP contribution in [0.3, 0.4) is 0 Å².